The van der Waals surface area contributed by atoms with Crippen molar-refractivity contribution in [3.05, 3.63) is 23.3 Å². The van der Waals surface area contributed by atoms with Gasteiger partial charge in [-0.25, -0.2) is 9.59 Å². The summed E-state index contributed by atoms with van der Waals surface area (Å²) in [5, 5.41) is -0.0542. The SMILES string of the molecule is C=C(Cl)/C(=C\C(=O)OCC)C(=O)OCC. The molecule has 4 nitrogen and oxygen atoms in total. The lowest BCUT2D eigenvalue weighted by molar-refractivity contribution is -0.140. The summed E-state index contributed by atoms with van der Waals surface area (Å²) in [6.45, 7) is 7.09. The Morgan fingerprint density at radius 1 is 1.27 bits per heavy atom. The number of esters is 2. The minimum Gasteiger partial charge on any atom is -0.463 e. The summed E-state index contributed by atoms with van der Waals surface area (Å²) in [6, 6.07) is 0. The van der Waals surface area contributed by atoms with Crippen LogP contribution in [0.3, 0.4) is 0 Å². The van der Waals surface area contributed by atoms with Gasteiger partial charge < -0.3 is 9.47 Å². The zero-order valence-corrected chi connectivity index (χ0v) is 9.47. The Bertz CT molecular complexity index is 294. The highest BCUT2D eigenvalue weighted by Crippen LogP contribution is 2.14. The summed E-state index contributed by atoms with van der Waals surface area (Å²) < 4.78 is 9.31. The summed E-state index contributed by atoms with van der Waals surface area (Å²) in [4.78, 5) is 22.3. The molecule has 0 aromatic heterocycles. The molecular formula is C10H13ClO4. The molecule has 0 radical (unpaired) electrons. The third-order valence-corrected chi connectivity index (χ3v) is 1.54. The van der Waals surface area contributed by atoms with Crippen molar-refractivity contribution in [2.75, 3.05) is 13.2 Å². The first-order chi connectivity index (χ1) is 7.02. The topological polar surface area (TPSA) is 52.6 Å². The molecular weight excluding hydrogens is 220 g/mol. The van der Waals surface area contributed by atoms with E-state index in [0.717, 1.165) is 6.08 Å². The number of carbonyl (C=O) groups excluding carboxylic acids is 2. The highest BCUT2D eigenvalue weighted by atomic mass is 35.5. The van der Waals surface area contributed by atoms with Crippen LogP contribution in [0.25, 0.3) is 0 Å². The van der Waals surface area contributed by atoms with Gasteiger partial charge in [-0.15, -0.1) is 0 Å². The van der Waals surface area contributed by atoms with Crippen molar-refractivity contribution >= 4 is 23.5 Å². The van der Waals surface area contributed by atoms with Gasteiger partial charge >= 0.3 is 11.9 Å². The van der Waals surface area contributed by atoms with Crippen LogP contribution in [-0.2, 0) is 19.1 Å². The van der Waals surface area contributed by atoms with Crippen molar-refractivity contribution in [3.63, 3.8) is 0 Å². The van der Waals surface area contributed by atoms with E-state index in [0.29, 0.717) is 0 Å². The van der Waals surface area contributed by atoms with Crippen molar-refractivity contribution < 1.29 is 19.1 Å². The molecule has 0 aliphatic rings. The van der Waals surface area contributed by atoms with Crippen LogP contribution in [0.4, 0.5) is 0 Å². The van der Waals surface area contributed by atoms with Gasteiger partial charge in [0, 0.05) is 11.1 Å². The molecule has 0 aromatic rings. The van der Waals surface area contributed by atoms with Gasteiger partial charge in [0.25, 0.3) is 0 Å². The molecule has 5 heteroatoms. The maximum Gasteiger partial charge on any atom is 0.339 e. The number of ether oxygens (including phenoxy) is 2. The van der Waals surface area contributed by atoms with E-state index < -0.39 is 11.9 Å². The van der Waals surface area contributed by atoms with Crippen LogP contribution in [0.1, 0.15) is 13.8 Å². The first kappa shape index (κ1) is 13.7. The predicted octanol–water partition coefficient (Wildman–Crippen LogP) is 1.79. The van der Waals surface area contributed by atoms with E-state index in [1.54, 1.807) is 13.8 Å². The molecule has 15 heavy (non-hydrogen) atoms. The van der Waals surface area contributed by atoms with E-state index in [-0.39, 0.29) is 23.8 Å². The molecule has 0 saturated carbocycles. The van der Waals surface area contributed by atoms with Crippen LogP contribution in [0.15, 0.2) is 23.3 Å². The second-order valence-electron chi connectivity index (χ2n) is 2.44. The number of hydrogen-bond acceptors (Lipinski definition) is 4. The first-order valence-electron chi connectivity index (χ1n) is 4.43. The van der Waals surface area contributed by atoms with Crippen molar-refractivity contribution in [1.82, 2.24) is 0 Å². The second-order valence-corrected chi connectivity index (χ2v) is 2.89. The Labute approximate surface area is 93.5 Å². The fourth-order valence-electron chi connectivity index (χ4n) is 0.759. The number of halogens is 1. The molecule has 0 bridgehead atoms. The quantitative estimate of drug-likeness (QED) is 0.412. The fourth-order valence-corrected chi connectivity index (χ4v) is 0.890. The summed E-state index contributed by atoms with van der Waals surface area (Å²) in [5.74, 6) is -1.34. The second kappa shape index (κ2) is 7.06. The molecule has 0 saturated heterocycles. The summed E-state index contributed by atoms with van der Waals surface area (Å²) in [7, 11) is 0. The monoisotopic (exact) mass is 232 g/mol. The highest BCUT2D eigenvalue weighted by Gasteiger charge is 2.15. The molecule has 0 aliphatic carbocycles. The zero-order valence-electron chi connectivity index (χ0n) is 8.71. The van der Waals surface area contributed by atoms with E-state index in [1.165, 1.54) is 0 Å². The Morgan fingerprint density at radius 3 is 2.20 bits per heavy atom. The molecule has 0 rings (SSSR count). The third-order valence-electron chi connectivity index (χ3n) is 1.34. The van der Waals surface area contributed by atoms with Gasteiger partial charge in [-0.05, 0) is 13.8 Å². The average Bonchev–Trinajstić information content (AvgIpc) is 2.14. The van der Waals surface area contributed by atoms with Crippen LogP contribution < -0.4 is 0 Å². The van der Waals surface area contributed by atoms with Crippen LogP contribution in [-0.4, -0.2) is 25.2 Å². The van der Waals surface area contributed by atoms with Crippen molar-refractivity contribution in [3.8, 4) is 0 Å². The highest BCUT2D eigenvalue weighted by molar-refractivity contribution is 6.35. The Balaban J connectivity index is 4.73. The molecule has 0 spiro atoms. The van der Waals surface area contributed by atoms with Crippen molar-refractivity contribution in [1.29, 1.82) is 0 Å². The Morgan fingerprint density at radius 2 is 1.80 bits per heavy atom. The van der Waals surface area contributed by atoms with Gasteiger partial charge in [-0.3, -0.25) is 0 Å². The van der Waals surface area contributed by atoms with Gasteiger partial charge in [0.15, 0.2) is 0 Å². The molecule has 0 N–H and O–H groups in total. The van der Waals surface area contributed by atoms with E-state index in [9.17, 15) is 9.59 Å². The largest absolute Gasteiger partial charge is 0.463 e. The number of hydrogen-bond donors (Lipinski definition) is 0. The minimum absolute atomic E-state index is 0.0542. The van der Waals surface area contributed by atoms with Crippen LogP contribution in [0.5, 0.6) is 0 Å². The lowest BCUT2D eigenvalue weighted by Crippen LogP contribution is -2.11. The molecule has 0 heterocycles. The molecule has 0 atom stereocenters. The van der Waals surface area contributed by atoms with E-state index in [1.807, 2.05) is 0 Å². The number of rotatable bonds is 5. The average molecular weight is 233 g/mol. The molecule has 0 aliphatic heterocycles. The Hall–Kier alpha value is -1.29. The van der Waals surface area contributed by atoms with Crippen LogP contribution in [0, 0.1) is 0 Å². The van der Waals surface area contributed by atoms with Gasteiger partial charge in [-0.2, -0.15) is 0 Å². The summed E-state index contributed by atoms with van der Waals surface area (Å²) >= 11 is 5.55. The zero-order chi connectivity index (χ0) is 11.8. The molecule has 0 fully saturated rings. The van der Waals surface area contributed by atoms with Gasteiger partial charge in [0.1, 0.15) is 0 Å². The van der Waals surface area contributed by atoms with Gasteiger partial charge in [-0.1, -0.05) is 18.2 Å². The van der Waals surface area contributed by atoms with E-state index >= 15 is 0 Å². The van der Waals surface area contributed by atoms with Crippen molar-refractivity contribution in [2.45, 2.75) is 13.8 Å². The predicted molar refractivity (Wildman–Crippen MR) is 56.3 cm³/mol. The summed E-state index contributed by atoms with van der Waals surface area (Å²) in [6.07, 6.45) is 0.969. The maximum absolute atomic E-state index is 11.3. The lowest BCUT2D eigenvalue weighted by Gasteiger charge is -2.04. The van der Waals surface area contributed by atoms with E-state index in [4.69, 9.17) is 11.6 Å². The number of carbonyl (C=O) groups is 2. The van der Waals surface area contributed by atoms with Crippen molar-refractivity contribution in [2.24, 2.45) is 0 Å². The Kier molecular flexibility index (Phi) is 6.45. The minimum atomic E-state index is -0.689. The maximum atomic E-state index is 11.3. The molecule has 0 unspecified atom stereocenters. The normalized spacial score (nSPS) is 10.7. The molecule has 84 valence electrons. The first-order valence-corrected chi connectivity index (χ1v) is 4.81. The van der Waals surface area contributed by atoms with E-state index in [2.05, 4.69) is 16.1 Å². The van der Waals surface area contributed by atoms with Gasteiger partial charge in [0.05, 0.1) is 18.8 Å². The van der Waals surface area contributed by atoms with Crippen LogP contribution in [0.2, 0.25) is 0 Å². The molecule has 0 amide bonds. The fraction of sp³-hybridized carbons (Fsp3) is 0.400. The lowest BCUT2D eigenvalue weighted by atomic mass is 10.2. The smallest absolute Gasteiger partial charge is 0.339 e. The third kappa shape index (κ3) is 5.22. The standard InChI is InChI=1S/C10H13ClO4/c1-4-14-9(12)6-8(7(3)11)10(13)15-5-2/h6H,3-5H2,1-2H3/b8-6+. The van der Waals surface area contributed by atoms with Gasteiger partial charge in [0.2, 0.25) is 0 Å². The summed E-state index contributed by atoms with van der Waals surface area (Å²) in [5.41, 5.74) is -0.0861. The van der Waals surface area contributed by atoms with Crippen LogP contribution >= 0.6 is 11.6 Å². The molecule has 0 aromatic carbocycles.